The highest BCUT2D eigenvalue weighted by Crippen LogP contribution is 2.26. The fraction of sp³-hybridized carbons (Fsp3) is 0.286. The lowest BCUT2D eigenvalue weighted by atomic mass is 10.1. The maximum absolute atomic E-state index is 12.7. The number of hydrogen-bond donors (Lipinski definition) is 0. The number of fused-ring (bicyclic) bond motifs is 1. The molecular formula is C14H14N2O3S. The minimum atomic E-state index is -3.56. The monoisotopic (exact) mass is 290 g/mol. The topological polar surface area (TPSA) is 67.3 Å². The summed E-state index contributed by atoms with van der Waals surface area (Å²) in [6, 6.07) is 6.86. The van der Waals surface area contributed by atoms with Crippen LogP contribution in [0.3, 0.4) is 0 Å². The highest BCUT2D eigenvalue weighted by Gasteiger charge is 2.29. The summed E-state index contributed by atoms with van der Waals surface area (Å²) in [5, 5.41) is 1.46. The van der Waals surface area contributed by atoms with Gasteiger partial charge in [0.05, 0.1) is 4.90 Å². The molecule has 1 aromatic heterocycles. The Morgan fingerprint density at radius 3 is 2.60 bits per heavy atom. The molecule has 104 valence electrons. The van der Waals surface area contributed by atoms with E-state index >= 15 is 0 Å². The van der Waals surface area contributed by atoms with E-state index in [2.05, 4.69) is 4.98 Å². The van der Waals surface area contributed by atoms with Gasteiger partial charge in [-0.05, 0) is 12.1 Å². The highest BCUT2D eigenvalue weighted by atomic mass is 32.2. The van der Waals surface area contributed by atoms with Crippen LogP contribution in [0.25, 0.3) is 10.8 Å². The van der Waals surface area contributed by atoms with Gasteiger partial charge in [0.15, 0.2) is 0 Å². The Bertz CT molecular complexity index is 756. The van der Waals surface area contributed by atoms with E-state index in [-0.39, 0.29) is 23.8 Å². The van der Waals surface area contributed by atoms with Crippen molar-refractivity contribution in [3.05, 3.63) is 36.7 Å². The second kappa shape index (κ2) is 4.96. The van der Waals surface area contributed by atoms with Crippen LogP contribution in [0.1, 0.15) is 12.8 Å². The normalized spacial score (nSPS) is 17.5. The number of sulfonamides is 1. The second-order valence-electron chi connectivity index (χ2n) is 4.80. The van der Waals surface area contributed by atoms with E-state index < -0.39 is 10.0 Å². The number of benzene rings is 1. The lowest BCUT2D eigenvalue weighted by molar-refractivity contribution is -0.120. The molecule has 0 aliphatic carbocycles. The molecule has 1 aliphatic rings. The van der Waals surface area contributed by atoms with Crippen molar-refractivity contribution in [2.45, 2.75) is 17.7 Å². The average Bonchev–Trinajstić information content (AvgIpc) is 2.47. The third-order valence-electron chi connectivity index (χ3n) is 3.54. The first-order valence-corrected chi connectivity index (χ1v) is 7.87. The van der Waals surface area contributed by atoms with Gasteiger partial charge in [-0.15, -0.1) is 0 Å². The van der Waals surface area contributed by atoms with E-state index in [1.165, 1.54) is 4.31 Å². The van der Waals surface area contributed by atoms with Crippen LogP contribution in [0.2, 0.25) is 0 Å². The standard InChI is InChI=1S/C14H14N2O3S/c17-12-5-8-16(9-6-12)20(18,19)14-3-1-2-11-10-15-7-4-13(11)14/h1-4,7,10H,5-6,8-9H2. The third-order valence-corrected chi connectivity index (χ3v) is 5.50. The summed E-state index contributed by atoms with van der Waals surface area (Å²) in [4.78, 5) is 15.5. The smallest absolute Gasteiger partial charge is 0.243 e. The number of nitrogens with zero attached hydrogens (tertiary/aromatic N) is 2. The Balaban J connectivity index is 2.08. The molecule has 0 radical (unpaired) electrons. The molecule has 1 fully saturated rings. The van der Waals surface area contributed by atoms with E-state index in [0.717, 1.165) is 5.39 Å². The number of ketones is 1. The van der Waals surface area contributed by atoms with Gasteiger partial charge in [0.2, 0.25) is 10.0 Å². The molecule has 0 atom stereocenters. The van der Waals surface area contributed by atoms with Crippen molar-refractivity contribution in [3.63, 3.8) is 0 Å². The quantitative estimate of drug-likeness (QED) is 0.842. The Labute approximate surface area is 117 Å². The summed E-state index contributed by atoms with van der Waals surface area (Å²) in [6.07, 6.45) is 3.83. The minimum absolute atomic E-state index is 0.124. The number of piperidine rings is 1. The van der Waals surface area contributed by atoms with Crippen LogP contribution < -0.4 is 0 Å². The molecule has 2 heterocycles. The summed E-state index contributed by atoms with van der Waals surface area (Å²) in [5.41, 5.74) is 0. The molecule has 6 heteroatoms. The molecule has 20 heavy (non-hydrogen) atoms. The number of Topliss-reactive ketones (excluding diaryl/α,β-unsaturated/α-hetero) is 1. The predicted octanol–water partition coefficient (Wildman–Crippen LogP) is 1.59. The lowest BCUT2D eigenvalue weighted by Crippen LogP contribution is -2.38. The van der Waals surface area contributed by atoms with E-state index in [9.17, 15) is 13.2 Å². The molecule has 0 spiro atoms. The zero-order chi connectivity index (χ0) is 14.2. The molecule has 0 N–H and O–H groups in total. The Morgan fingerprint density at radius 1 is 1.10 bits per heavy atom. The zero-order valence-corrected chi connectivity index (χ0v) is 11.6. The molecular weight excluding hydrogens is 276 g/mol. The number of carbonyl (C=O) groups is 1. The zero-order valence-electron chi connectivity index (χ0n) is 10.8. The van der Waals surface area contributed by atoms with Gasteiger partial charge in [-0.2, -0.15) is 4.31 Å². The first kappa shape index (κ1) is 13.2. The van der Waals surface area contributed by atoms with Gasteiger partial charge in [-0.3, -0.25) is 9.78 Å². The summed E-state index contributed by atoms with van der Waals surface area (Å²) in [7, 11) is -3.56. The van der Waals surface area contributed by atoms with Crippen molar-refractivity contribution in [1.82, 2.24) is 9.29 Å². The molecule has 0 saturated carbocycles. The number of aromatic nitrogens is 1. The summed E-state index contributed by atoms with van der Waals surface area (Å²) >= 11 is 0. The van der Waals surface area contributed by atoms with Crippen LogP contribution in [-0.4, -0.2) is 36.6 Å². The van der Waals surface area contributed by atoms with E-state index in [0.29, 0.717) is 18.2 Å². The predicted molar refractivity (Wildman–Crippen MR) is 74.7 cm³/mol. The van der Waals surface area contributed by atoms with Crippen LogP contribution in [0.15, 0.2) is 41.6 Å². The average molecular weight is 290 g/mol. The molecule has 5 nitrogen and oxygen atoms in total. The lowest BCUT2D eigenvalue weighted by Gasteiger charge is -2.25. The van der Waals surface area contributed by atoms with Crippen molar-refractivity contribution in [1.29, 1.82) is 0 Å². The SMILES string of the molecule is O=C1CCN(S(=O)(=O)c2cccc3cnccc23)CC1. The molecule has 2 aromatic rings. The number of pyridine rings is 1. The first-order chi connectivity index (χ1) is 9.59. The van der Waals surface area contributed by atoms with Gasteiger partial charge in [-0.25, -0.2) is 8.42 Å². The molecule has 0 unspecified atom stereocenters. The van der Waals surface area contributed by atoms with Crippen LogP contribution in [0, 0.1) is 0 Å². The van der Waals surface area contributed by atoms with Crippen molar-refractivity contribution in [2.24, 2.45) is 0 Å². The van der Waals surface area contributed by atoms with Crippen molar-refractivity contribution in [2.75, 3.05) is 13.1 Å². The Morgan fingerprint density at radius 2 is 1.85 bits per heavy atom. The highest BCUT2D eigenvalue weighted by molar-refractivity contribution is 7.89. The number of hydrogen-bond acceptors (Lipinski definition) is 4. The maximum atomic E-state index is 12.7. The number of carbonyl (C=O) groups excluding carboxylic acids is 1. The fourth-order valence-electron chi connectivity index (χ4n) is 2.43. The first-order valence-electron chi connectivity index (χ1n) is 6.43. The maximum Gasteiger partial charge on any atom is 0.243 e. The Hall–Kier alpha value is -1.79. The molecule has 0 amide bonds. The third kappa shape index (κ3) is 2.21. The summed E-state index contributed by atoms with van der Waals surface area (Å²) in [5.74, 6) is 0.124. The van der Waals surface area contributed by atoms with Crippen LogP contribution in [0.4, 0.5) is 0 Å². The van der Waals surface area contributed by atoms with Gasteiger partial charge in [0, 0.05) is 49.1 Å². The summed E-state index contributed by atoms with van der Waals surface area (Å²) in [6.45, 7) is 0.533. The molecule has 0 bridgehead atoms. The van der Waals surface area contributed by atoms with Crippen molar-refractivity contribution in [3.8, 4) is 0 Å². The Kier molecular flexibility index (Phi) is 3.27. The van der Waals surface area contributed by atoms with Gasteiger partial charge in [-0.1, -0.05) is 12.1 Å². The molecule has 1 aliphatic heterocycles. The molecule has 3 rings (SSSR count). The van der Waals surface area contributed by atoms with Crippen molar-refractivity contribution < 1.29 is 13.2 Å². The van der Waals surface area contributed by atoms with Crippen LogP contribution >= 0.6 is 0 Å². The van der Waals surface area contributed by atoms with Crippen LogP contribution in [0.5, 0.6) is 0 Å². The summed E-state index contributed by atoms with van der Waals surface area (Å²) < 4.78 is 26.8. The van der Waals surface area contributed by atoms with Gasteiger partial charge < -0.3 is 0 Å². The van der Waals surface area contributed by atoms with E-state index in [1.807, 2.05) is 6.07 Å². The number of rotatable bonds is 2. The van der Waals surface area contributed by atoms with Crippen molar-refractivity contribution >= 4 is 26.6 Å². The minimum Gasteiger partial charge on any atom is -0.300 e. The van der Waals surface area contributed by atoms with E-state index in [4.69, 9.17) is 0 Å². The largest absolute Gasteiger partial charge is 0.300 e. The van der Waals surface area contributed by atoms with Gasteiger partial charge >= 0.3 is 0 Å². The van der Waals surface area contributed by atoms with E-state index in [1.54, 1.807) is 30.6 Å². The van der Waals surface area contributed by atoms with Gasteiger partial charge in [0.1, 0.15) is 5.78 Å². The molecule has 1 saturated heterocycles. The van der Waals surface area contributed by atoms with Crippen LogP contribution in [-0.2, 0) is 14.8 Å². The van der Waals surface area contributed by atoms with Gasteiger partial charge in [0.25, 0.3) is 0 Å². The molecule has 1 aromatic carbocycles. The fourth-order valence-corrected chi connectivity index (χ4v) is 4.09. The second-order valence-corrected chi connectivity index (χ2v) is 6.70.